The Morgan fingerprint density at radius 3 is 2.65 bits per heavy atom. The van der Waals surface area contributed by atoms with Gasteiger partial charge < -0.3 is 10.3 Å². The first-order chi connectivity index (χ1) is 12.5. The minimum atomic E-state index is -0.550. The van der Waals surface area contributed by atoms with Crippen molar-refractivity contribution < 1.29 is 4.79 Å². The Hall–Kier alpha value is -3.55. The van der Waals surface area contributed by atoms with Crippen LogP contribution in [0.2, 0.25) is 0 Å². The molecule has 8 heteroatoms. The van der Waals surface area contributed by atoms with E-state index in [-0.39, 0.29) is 24.2 Å². The number of hydrogen-bond donors (Lipinski definition) is 2. The highest BCUT2D eigenvalue weighted by Gasteiger charge is 2.11. The van der Waals surface area contributed by atoms with Crippen LogP contribution in [0.25, 0.3) is 11.3 Å². The number of hydrogen-bond acceptors (Lipinski definition) is 5. The van der Waals surface area contributed by atoms with Gasteiger partial charge in [-0.3, -0.25) is 14.4 Å². The van der Waals surface area contributed by atoms with Crippen LogP contribution in [0.1, 0.15) is 16.2 Å². The summed E-state index contributed by atoms with van der Waals surface area (Å²) in [7, 11) is 0. The molecule has 2 N–H and O–H groups in total. The van der Waals surface area contributed by atoms with Crippen LogP contribution in [0.4, 0.5) is 0 Å². The zero-order valence-electron chi connectivity index (χ0n) is 14.1. The van der Waals surface area contributed by atoms with E-state index in [1.165, 1.54) is 16.9 Å². The zero-order chi connectivity index (χ0) is 18.5. The predicted molar refractivity (Wildman–Crippen MR) is 95.9 cm³/mol. The number of rotatable bonds is 5. The van der Waals surface area contributed by atoms with Crippen LogP contribution < -0.4 is 16.4 Å². The van der Waals surface area contributed by atoms with Crippen LogP contribution in [0.5, 0.6) is 0 Å². The first kappa shape index (κ1) is 17.3. The second kappa shape index (κ2) is 7.56. The van der Waals surface area contributed by atoms with Crippen molar-refractivity contribution in [3.63, 3.8) is 0 Å². The standard InChI is InChI=1S/C18H17N5O3/c1-12-20-11-14(18(26)21-12)17(25)19-9-10-23-16(24)8-7-15(22-23)13-5-3-2-4-6-13/h2-8,11H,9-10H2,1H3,(H,19,25)(H,20,21,26). The summed E-state index contributed by atoms with van der Waals surface area (Å²) in [4.78, 5) is 42.1. The Labute approximate surface area is 148 Å². The number of carbonyl (C=O) groups is 1. The van der Waals surface area contributed by atoms with Crippen molar-refractivity contribution in [1.29, 1.82) is 0 Å². The monoisotopic (exact) mass is 351 g/mol. The van der Waals surface area contributed by atoms with Gasteiger partial charge in [-0.2, -0.15) is 5.10 Å². The van der Waals surface area contributed by atoms with E-state index in [4.69, 9.17) is 0 Å². The number of aryl methyl sites for hydroxylation is 1. The topological polar surface area (TPSA) is 110 Å². The van der Waals surface area contributed by atoms with Crippen molar-refractivity contribution in [2.45, 2.75) is 13.5 Å². The lowest BCUT2D eigenvalue weighted by Gasteiger charge is -2.08. The van der Waals surface area contributed by atoms with Crippen LogP contribution in [-0.4, -0.2) is 32.2 Å². The molecule has 0 aliphatic rings. The summed E-state index contributed by atoms with van der Waals surface area (Å²) in [6.07, 6.45) is 1.23. The molecule has 0 aliphatic carbocycles. The molecule has 0 saturated heterocycles. The fourth-order valence-corrected chi connectivity index (χ4v) is 2.39. The highest BCUT2D eigenvalue weighted by atomic mass is 16.2. The van der Waals surface area contributed by atoms with Gasteiger partial charge in [-0.15, -0.1) is 0 Å². The van der Waals surface area contributed by atoms with Gasteiger partial charge in [0.2, 0.25) is 0 Å². The highest BCUT2D eigenvalue weighted by molar-refractivity contribution is 5.93. The third-order valence-electron chi connectivity index (χ3n) is 3.72. The molecule has 1 amide bonds. The Morgan fingerprint density at radius 2 is 1.92 bits per heavy atom. The van der Waals surface area contributed by atoms with Gasteiger partial charge in [-0.25, -0.2) is 9.67 Å². The van der Waals surface area contributed by atoms with Crippen molar-refractivity contribution in [2.24, 2.45) is 0 Å². The largest absolute Gasteiger partial charge is 0.350 e. The van der Waals surface area contributed by atoms with Crippen molar-refractivity contribution in [1.82, 2.24) is 25.1 Å². The Balaban J connectivity index is 1.69. The molecule has 1 aromatic carbocycles. The SMILES string of the molecule is Cc1ncc(C(=O)NCCn2nc(-c3ccccc3)ccc2=O)c(=O)[nH]1. The molecule has 0 bridgehead atoms. The lowest BCUT2D eigenvalue weighted by Crippen LogP contribution is -2.34. The molecule has 2 heterocycles. The molecule has 3 aromatic rings. The van der Waals surface area contributed by atoms with Crippen LogP contribution in [0.3, 0.4) is 0 Å². The van der Waals surface area contributed by atoms with Crippen molar-refractivity contribution in [3.05, 3.63) is 80.8 Å². The maximum absolute atomic E-state index is 12.1. The molecule has 0 fully saturated rings. The summed E-state index contributed by atoms with van der Waals surface area (Å²) < 4.78 is 1.28. The zero-order valence-corrected chi connectivity index (χ0v) is 14.1. The van der Waals surface area contributed by atoms with E-state index in [1.807, 2.05) is 30.3 Å². The first-order valence-electron chi connectivity index (χ1n) is 8.02. The van der Waals surface area contributed by atoms with Crippen molar-refractivity contribution in [3.8, 4) is 11.3 Å². The summed E-state index contributed by atoms with van der Waals surface area (Å²) in [5, 5.41) is 6.91. The molecule has 0 aliphatic heterocycles. The quantitative estimate of drug-likeness (QED) is 0.704. The molecule has 8 nitrogen and oxygen atoms in total. The molecule has 0 atom stereocenters. The van der Waals surface area contributed by atoms with E-state index in [0.717, 1.165) is 5.56 Å². The van der Waals surface area contributed by atoms with Gasteiger partial charge in [-0.05, 0) is 13.0 Å². The van der Waals surface area contributed by atoms with Crippen LogP contribution in [0.15, 0.2) is 58.3 Å². The number of nitrogens with zero attached hydrogens (tertiary/aromatic N) is 3. The average Bonchev–Trinajstić information content (AvgIpc) is 2.64. The third kappa shape index (κ3) is 3.92. The Morgan fingerprint density at radius 1 is 1.15 bits per heavy atom. The average molecular weight is 351 g/mol. The summed E-state index contributed by atoms with van der Waals surface area (Å²) in [6, 6.07) is 12.6. The van der Waals surface area contributed by atoms with E-state index in [9.17, 15) is 14.4 Å². The predicted octanol–water partition coefficient (Wildman–Crippen LogP) is 0.732. The minimum absolute atomic E-state index is 0.0751. The van der Waals surface area contributed by atoms with E-state index in [1.54, 1.807) is 13.0 Å². The minimum Gasteiger partial charge on any atom is -0.350 e. The van der Waals surface area contributed by atoms with Crippen molar-refractivity contribution >= 4 is 5.91 Å². The molecule has 3 rings (SSSR count). The van der Waals surface area contributed by atoms with Gasteiger partial charge in [0, 0.05) is 24.4 Å². The maximum atomic E-state index is 12.1. The summed E-state index contributed by atoms with van der Waals surface area (Å²) in [6.45, 7) is 1.96. The smallest absolute Gasteiger partial charge is 0.266 e. The van der Waals surface area contributed by atoms with Crippen molar-refractivity contribution in [2.75, 3.05) is 6.54 Å². The lowest BCUT2D eigenvalue weighted by atomic mass is 10.1. The van der Waals surface area contributed by atoms with Crippen LogP contribution >= 0.6 is 0 Å². The van der Waals surface area contributed by atoms with E-state index < -0.39 is 11.5 Å². The molecular weight excluding hydrogens is 334 g/mol. The van der Waals surface area contributed by atoms with Gasteiger partial charge in [0.05, 0.1) is 12.2 Å². The van der Waals surface area contributed by atoms with E-state index in [2.05, 4.69) is 20.4 Å². The van der Waals surface area contributed by atoms with Gasteiger partial charge in [0.25, 0.3) is 17.0 Å². The van der Waals surface area contributed by atoms with E-state index in [0.29, 0.717) is 11.5 Å². The summed E-state index contributed by atoms with van der Waals surface area (Å²) >= 11 is 0. The third-order valence-corrected chi connectivity index (χ3v) is 3.72. The number of H-pyrrole nitrogens is 1. The molecule has 0 saturated carbocycles. The number of amides is 1. The Bertz CT molecular complexity index is 1040. The summed E-state index contributed by atoms with van der Waals surface area (Å²) in [5.41, 5.74) is 0.706. The Kier molecular flexibility index (Phi) is 5.02. The number of aromatic amines is 1. The highest BCUT2D eigenvalue weighted by Crippen LogP contribution is 2.13. The second-order valence-electron chi connectivity index (χ2n) is 5.61. The molecular formula is C18H17N5O3. The van der Waals surface area contributed by atoms with Crippen LogP contribution in [-0.2, 0) is 6.54 Å². The number of carbonyl (C=O) groups excluding carboxylic acids is 1. The molecule has 0 radical (unpaired) electrons. The normalized spacial score (nSPS) is 10.5. The van der Waals surface area contributed by atoms with Gasteiger partial charge in [0.15, 0.2) is 0 Å². The maximum Gasteiger partial charge on any atom is 0.266 e. The number of benzene rings is 1. The van der Waals surface area contributed by atoms with E-state index >= 15 is 0 Å². The molecule has 0 unspecified atom stereocenters. The van der Waals surface area contributed by atoms with Gasteiger partial charge in [0.1, 0.15) is 11.4 Å². The lowest BCUT2D eigenvalue weighted by molar-refractivity contribution is 0.0950. The molecule has 132 valence electrons. The fraction of sp³-hybridized carbons (Fsp3) is 0.167. The molecule has 0 spiro atoms. The van der Waals surface area contributed by atoms with Gasteiger partial charge in [-0.1, -0.05) is 30.3 Å². The molecule has 26 heavy (non-hydrogen) atoms. The van der Waals surface area contributed by atoms with Crippen LogP contribution in [0, 0.1) is 6.92 Å². The second-order valence-corrected chi connectivity index (χ2v) is 5.61. The number of nitrogens with one attached hydrogen (secondary N) is 2. The molecule has 2 aromatic heterocycles. The fourth-order valence-electron chi connectivity index (χ4n) is 2.39. The summed E-state index contributed by atoms with van der Waals surface area (Å²) in [5.74, 6) is -0.119. The number of aromatic nitrogens is 4. The van der Waals surface area contributed by atoms with Gasteiger partial charge >= 0.3 is 0 Å². The first-order valence-corrected chi connectivity index (χ1v) is 8.02.